The number of para-hydroxylation sites is 1. The van der Waals surface area contributed by atoms with Crippen molar-refractivity contribution < 1.29 is 9.18 Å². The van der Waals surface area contributed by atoms with Gasteiger partial charge in [-0.05, 0) is 43.3 Å². The highest BCUT2D eigenvalue weighted by atomic mass is 19.1. The SMILES string of the molecule is Cc1cc(NC(=O)Cn2cc(C#N)c(=O)c3ccccc32)n(-c2ccc(F)cc2)n1. The number of benzene rings is 2. The van der Waals surface area contributed by atoms with Crippen molar-refractivity contribution in [2.24, 2.45) is 0 Å². The molecule has 1 amide bonds. The van der Waals surface area contributed by atoms with Crippen LogP contribution in [0.3, 0.4) is 0 Å². The summed E-state index contributed by atoms with van der Waals surface area (Å²) < 4.78 is 16.3. The largest absolute Gasteiger partial charge is 0.336 e. The molecule has 0 atom stereocenters. The lowest BCUT2D eigenvalue weighted by molar-refractivity contribution is -0.116. The lowest BCUT2D eigenvalue weighted by Gasteiger charge is -2.13. The van der Waals surface area contributed by atoms with Gasteiger partial charge in [-0.3, -0.25) is 9.59 Å². The van der Waals surface area contributed by atoms with Gasteiger partial charge in [0.25, 0.3) is 0 Å². The summed E-state index contributed by atoms with van der Waals surface area (Å²) in [4.78, 5) is 25.1. The molecule has 0 aliphatic carbocycles. The molecule has 0 saturated heterocycles. The zero-order chi connectivity index (χ0) is 21.3. The van der Waals surface area contributed by atoms with Crippen LogP contribution in [0.5, 0.6) is 0 Å². The van der Waals surface area contributed by atoms with Crippen molar-refractivity contribution in [3.8, 4) is 11.8 Å². The monoisotopic (exact) mass is 401 g/mol. The molecule has 0 aliphatic rings. The summed E-state index contributed by atoms with van der Waals surface area (Å²) in [5.41, 5.74) is 1.43. The number of amides is 1. The first-order chi connectivity index (χ1) is 14.5. The molecule has 4 rings (SSSR count). The van der Waals surface area contributed by atoms with Gasteiger partial charge in [-0.1, -0.05) is 12.1 Å². The number of nitrogens with zero attached hydrogens (tertiary/aromatic N) is 4. The van der Waals surface area contributed by atoms with Crippen molar-refractivity contribution in [3.05, 3.63) is 88.1 Å². The number of hydrogen-bond acceptors (Lipinski definition) is 4. The minimum absolute atomic E-state index is 0.0336. The molecule has 0 bridgehead atoms. The summed E-state index contributed by atoms with van der Waals surface area (Å²) in [5.74, 6) is -0.308. The van der Waals surface area contributed by atoms with Crippen molar-refractivity contribution in [1.82, 2.24) is 14.3 Å². The van der Waals surface area contributed by atoms with E-state index < -0.39 is 0 Å². The van der Waals surface area contributed by atoms with Crippen LogP contribution in [-0.4, -0.2) is 20.3 Å². The second kappa shape index (κ2) is 7.64. The van der Waals surface area contributed by atoms with E-state index in [-0.39, 0.29) is 29.3 Å². The topological polar surface area (TPSA) is 92.7 Å². The van der Waals surface area contributed by atoms with Gasteiger partial charge in [0.1, 0.15) is 29.8 Å². The first-order valence-corrected chi connectivity index (χ1v) is 9.11. The van der Waals surface area contributed by atoms with Crippen molar-refractivity contribution >= 4 is 22.6 Å². The third-order valence-corrected chi connectivity index (χ3v) is 4.59. The second-order valence-electron chi connectivity index (χ2n) is 6.74. The Bertz CT molecular complexity index is 1360. The van der Waals surface area contributed by atoms with Gasteiger partial charge >= 0.3 is 0 Å². The third kappa shape index (κ3) is 3.56. The van der Waals surface area contributed by atoms with E-state index in [2.05, 4.69) is 10.4 Å². The number of nitriles is 1. The van der Waals surface area contributed by atoms with E-state index in [0.29, 0.717) is 28.1 Å². The van der Waals surface area contributed by atoms with E-state index in [9.17, 15) is 19.2 Å². The Hall–Kier alpha value is -4.25. The number of aryl methyl sites for hydroxylation is 1. The fourth-order valence-corrected chi connectivity index (χ4v) is 3.26. The fraction of sp³-hybridized carbons (Fsp3) is 0.0909. The first kappa shape index (κ1) is 19.1. The van der Waals surface area contributed by atoms with Crippen molar-refractivity contribution in [3.63, 3.8) is 0 Å². The Morgan fingerprint density at radius 2 is 1.93 bits per heavy atom. The summed E-state index contributed by atoms with van der Waals surface area (Å²) >= 11 is 0. The molecule has 148 valence electrons. The molecule has 0 unspecified atom stereocenters. The smallest absolute Gasteiger partial charge is 0.245 e. The molecule has 0 spiro atoms. The number of aromatic nitrogens is 3. The van der Waals surface area contributed by atoms with E-state index in [1.165, 1.54) is 23.0 Å². The maximum atomic E-state index is 13.2. The number of halogens is 1. The number of pyridine rings is 1. The molecule has 0 radical (unpaired) electrons. The van der Waals surface area contributed by atoms with Gasteiger partial charge in [-0.25, -0.2) is 9.07 Å². The van der Waals surface area contributed by atoms with Crippen LogP contribution in [0.4, 0.5) is 10.2 Å². The standard InChI is InChI=1S/C22H16FN5O2/c1-14-10-20(28(26-14)17-8-6-16(23)7-9-17)25-21(29)13-27-12-15(11-24)22(30)18-4-2-3-5-19(18)27/h2-10,12H,13H2,1H3,(H,25,29). The Labute approximate surface area is 170 Å². The molecule has 2 aromatic heterocycles. The molecule has 30 heavy (non-hydrogen) atoms. The number of anilines is 1. The molecule has 1 N–H and O–H groups in total. The van der Waals surface area contributed by atoms with Crippen LogP contribution in [0.2, 0.25) is 0 Å². The Morgan fingerprint density at radius 3 is 2.67 bits per heavy atom. The van der Waals surface area contributed by atoms with Crippen LogP contribution in [0, 0.1) is 24.1 Å². The van der Waals surface area contributed by atoms with Crippen molar-refractivity contribution in [2.75, 3.05) is 5.32 Å². The average Bonchev–Trinajstić information content (AvgIpc) is 3.10. The molecule has 4 aromatic rings. The maximum Gasteiger partial charge on any atom is 0.245 e. The number of fused-ring (bicyclic) bond motifs is 1. The number of hydrogen-bond donors (Lipinski definition) is 1. The highest BCUT2D eigenvalue weighted by molar-refractivity contribution is 5.91. The van der Waals surface area contributed by atoms with E-state index in [0.717, 1.165) is 0 Å². The van der Waals surface area contributed by atoms with Gasteiger partial charge in [0.15, 0.2) is 0 Å². The lowest BCUT2D eigenvalue weighted by atomic mass is 10.1. The second-order valence-corrected chi connectivity index (χ2v) is 6.74. The van der Waals surface area contributed by atoms with Crippen LogP contribution in [0.15, 0.2) is 65.6 Å². The van der Waals surface area contributed by atoms with Crippen LogP contribution < -0.4 is 10.7 Å². The molecular weight excluding hydrogens is 385 g/mol. The highest BCUT2D eigenvalue weighted by Gasteiger charge is 2.14. The normalized spacial score (nSPS) is 10.7. The summed E-state index contributed by atoms with van der Waals surface area (Å²) in [7, 11) is 0. The minimum Gasteiger partial charge on any atom is -0.336 e. The molecule has 2 aromatic carbocycles. The van der Waals surface area contributed by atoms with E-state index in [1.54, 1.807) is 54.0 Å². The van der Waals surface area contributed by atoms with Gasteiger partial charge < -0.3 is 9.88 Å². The van der Waals surface area contributed by atoms with Crippen LogP contribution in [0.25, 0.3) is 16.6 Å². The quantitative estimate of drug-likeness (QED) is 0.569. The number of nitrogens with one attached hydrogen (secondary N) is 1. The van der Waals surface area contributed by atoms with Gasteiger partial charge in [-0.2, -0.15) is 10.4 Å². The van der Waals surface area contributed by atoms with Gasteiger partial charge in [0.05, 0.1) is 16.9 Å². The highest BCUT2D eigenvalue weighted by Crippen LogP contribution is 2.18. The first-order valence-electron chi connectivity index (χ1n) is 9.11. The number of carbonyl (C=O) groups is 1. The van der Waals surface area contributed by atoms with Crippen LogP contribution in [-0.2, 0) is 11.3 Å². The predicted molar refractivity (Wildman–Crippen MR) is 110 cm³/mol. The molecule has 0 aliphatic heterocycles. The van der Waals surface area contributed by atoms with E-state index in [1.807, 2.05) is 6.07 Å². The molecule has 0 fully saturated rings. The molecule has 2 heterocycles. The lowest BCUT2D eigenvalue weighted by Crippen LogP contribution is -2.22. The summed E-state index contributed by atoms with van der Waals surface area (Å²) in [5, 5.41) is 16.8. The molecule has 7 nitrogen and oxygen atoms in total. The zero-order valence-corrected chi connectivity index (χ0v) is 16.0. The molecule has 0 saturated carbocycles. The van der Waals surface area contributed by atoms with Gasteiger partial charge in [0.2, 0.25) is 11.3 Å². The number of rotatable bonds is 4. The van der Waals surface area contributed by atoms with Gasteiger partial charge in [-0.15, -0.1) is 0 Å². The Kier molecular flexibility index (Phi) is 4.86. The maximum absolute atomic E-state index is 13.2. The summed E-state index contributed by atoms with van der Waals surface area (Å²) in [6, 6.07) is 16.1. The average molecular weight is 401 g/mol. The van der Waals surface area contributed by atoms with E-state index >= 15 is 0 Å². The minimum atomic E-state index is -0.369. The van der Waals surface area contributed by atoms with E-state index in [4.69, 9.17) is 0 Å². The van der Waals surface area contributed by atoms with Crippen LogP contribution >= 0.6 is 0 Å². The predicted octanol–water partition coefficient (Wildman–Crippen LogP) is 3.15. The summed E-state index contributed by atoms with van der Waals surface area (Å²) in [6.45, 7) is 1.67. The molecular formula is C22H16FN5O2. The Morgan fingerprint density at radius 1 is 1.20 bits per heavy atom. The van der Waals surface area contributed by atoms with Gasteiger partial charge in [0, 0.05) is 17.6 Å². The number of carbonyl (C=O) groups excluding carboxylic acids is 1. The summed E-state index contributed by atoms with van der Waals surface area (Å²) in [6.07, 6.45) is 1.38. The van der Waals surface area contributed by atoms with Crippen molar-refractivity contribution in [1.29, 1.82) is 5.26 Å². The molecule has 8 heteroatoms. The zero-order valence-electron chi connectivity index (χ0n) is 16.0. The Balaban J connectivity index is 1.66. The third-order valence-electron chi connectivity index (χ3n) is 4.59. The van der Waals surface area contributed by atoms with Crippen molar-refractivity contribution in [2.45, 2.75) is 13.5 Å². The fourth-order valence-electron chi connectivity index (χ4n) is 3.26. The van der Waals surface area contributed by atoms with Crippen LogP contribution in [0.1, 0.15) is 11.3 Å².